The first-order chi connectivity index (χ1) is 8.69. The fourth-order valence-corrected chi connectivity index (χ4v) is 2.08. The summed E-state index contributed by atoms with van der Waals surface area (Å²) in [5, 5.41) is 3.14. The Morgan fingerprint density at radius 1 is 1.44 bits per heavy atom. The molecule has 1 aromatic heterocycles. The normalized spacial score (nSPS) is 15.1. The predicted molar refractivity (Wildman–Crippen MR) is 72.9 cm³/mol. The lowest BCUT2D eigenvalue weighted by atomic mass is 10.2. The first-order valence-electron chi connectivity index (χ1n) is 6.64. The molecule has 2 rings (SSSR count). The molecule has 1 aromatic rings. The predicted octanol–water partition coefficient (Wildman–Crippen LogP) is 1.58. The van der Waals surface area contributed by atoms with E-state index in [4.69, 9.17) is 4.74 Å². The highest BCUT2D eigenvalue weighted by atomic mass is 16.5. The van der Waals surface area contributed by atoms with Crippen LogP contribution in [0.25, 0.3) is 0 Å². The number of rotatable bonds is 7. The molecule has 1 heterocycles. The number of nitrogens with zero attached hydrogens (tertiary/aromatic N) is 2. The van der Waals surface area contributed by atoms with Crippen LogP contribution in [0.4, 0.5) is 0 Å². The summed E-state index contributed by atoms with van der Waals surface area (Å²) >= 11 is 0. The maximum Gasteiger partial charge on any atom is 0.213 e. The quantitative estimate of drug-likeness (QED) is 0.796. The third kappa shape index (κ3) is 3.96. The van der Waals surface area contributed by atoms with E-state index in [1.807, 2.05) is 20.0 Å². The molecule has 0 spiro atoms. The molecule has 18 heavy (non-hydrogen) atoms. The van der Waals surface area contributed by atoms with Crippen molar-refractivity contribution in [3.8, 4) is 5.88 Å². The zero-order valence-corrected chi connectivity index (χ0v) is 11.6. The van der Waals surface area contributed by atoms with Gasteiger partial charge in [-0.05, 0) is 45.5 Å². The lowest BCUT2D eigenvalue weighted by molar-refractivity contribution is 0.226. The summed E-state index contributed by atoms with van der Waals surface area (Å²) in [7, 11) is 4.11. The molecule has 4 nitrogen and oxygen atoms in total. The lowest BCUT2D eigenvalue weighted by Gasteiger charge is -2.16. The van der Waals surface area contributed by atoms with Crippen LogP contribution in [0.3, 0.4) is 0 Å². The molecular weight excluding hydrogens is 226 g/mol. The maximum absolute atomic E-state index is 5.74. The molecule has 0 aliphatic heterocycles. The Hall–Kier alpha value is -1.13. The van der Waals surface area contributed by atoms with Crippen LogP contribution < -0.4 is 10.1 Å². The monoisotopic (exact) mass is 249 g/mol. The van der Waals surface area contributed by atoms with E-state index in [1.165, 1.54) is 18.4 Å². The lowest BCUT2D eigenvalue weighted by Crippen LogP contribution is -2.26. The van der Waals surface area contributed by atoms with Crippen LogP contribution in [0.15, 0.2) is 12.1 Å². The summed E-state index contributed by atoms with van der Waals surface area (Å²) in [4.78, 5) is 6.77. The van der Waals surface area contributed by atoms with E-state index in [0.717, 1.165) is 30.7 Å². The number of hydrogen-bond donors (Lipinski definition) is 1. The summed E-state index contributed by atoms with van der Waals surface area (Å²) in [5.74, 6) is 0.740. The van der Waals surface area contributed by atoms with Crippen molar-refractivity contribution in [2.45, 2.75) is 32.4 Å². The number of likely N-dealkylation sites (N-methyl/N-ethyl adjacent to an activating group) is 1. The van der Waals surface area contributed by atoms with Crippen LogP contribution >= 0.6 is 0 Å². The van der Waals surface area contributed by atoms with E-state index in [1.54, 1.807) is 0 Å². The fourth-order valence-electron chi connectivity index (χ4n) is 2.08. The van der Waals surface area contributed by atoms with Gasteiger partial charge in [0.15, 0.2) is 0 Å². The van der Waals surface area contributed by atoms with E-state index in [2.05, 4.69) is 28.3 Å². The maximum atomic E-state index is 5.74. The van der Waals surface area contributed by atoms with Crippen LogP contribution in [-0.2, 0) is 6.54 Å². The minimum absolute atomic E-state index is 0.711. The smallest absolute Gasteiger partial charge is 0.213 e. The Labute approximate surface area is 109 Å². The average molecular weight is 249 g/mol. The van der Waals surface area contributed by atoms with Crippen molar-refractivity contribution in [3.05, 3.63) is 23.4 Å². The highest BCUT2D eigenvalue weighted by Gasteiger charge is 2.25. The van der Waals surface area contributed by atoms with Crippen LogP contribution in [0.5, 0.6) is 5.88 Å². The van der Waals surface area contributed by atoms with Gasteiger partial charge in [-0.1, -0.05) is 0 Å². The summed E-state index contributed by atoms with van der Waals surface area (Å²) < 4.78 is 5.74. The Bertz CT molecular complexity index is 391. The van der Waals surface area contributed by atoms with Gasteiger partial charge in [0.05, 0.1) is 0 Å². The van der Waals surface area contributed by atoms with Crippen molar-refractivity contribution in [1.29, 1.82) is 0 Å². The van der Waals surface area contributed by atoms with Crippen molar-refractivity contribution in [2.75, 3.05) is 27.2 Å². The van der Waals surface area contributed by atoms with Crippen LogP contribution in [0.1, 0.15) is 24.1 Å². The van der Waals surface area contributed by atoms with E-state index in [9.17, 15) is 0 Å². The molecule has 0 amide bonds. The van der Waals surface area contributed by atoms with Gasteiger partial charge in [0.2, 0.25) is 5.88 Å². The molecule has 1 aliphatic rings. The molecule has 0 atom stereocenters. The number of nitrogens with one attached hydrogen (secondary N) is 1. The number of aryl methyl sites for hydroxylation is 1. The van der Waals surface area contributed by atoms with Gasteiger partial charge in [0.25, 0.3) is 0 Å². The molecular formula is C14H23N3O. The summed E-state index contributed by atoms with van der Waals surface area (Å²) in [6.45, 7) is 4.54. The Morgan fingerprint density at radius 3 is 2.89 bits per heavy atom. The van der Waals surface area contributed by atoms with Crippen molar-refractivity contribution in [1.82, 2.24) is 15.2 Å². The molecule has 0 saturated heterocycles. The van der Waals surface area contributed by atoms with E-state index in [-0.39, 0.29) is 0 Å². The van der Waals surface area contributed by atoms with Crippen LogP contribution in [-0.4, -0.2) is 43.2 Å². The summed E-state index contributed by atoms with van der Waals surface area (Å²) in [5.41, 5.74) is 2.23. The number of pyridine rings is 1. The zero-order chi connectivity index (χ0) is 13.0. The first-order valence-corrected chi connectivity index (χ1v) is 6.64. The van der Waals surface area contributed by atoms with Gasteiger partial charge in [-0.3, -0.25) is 0 Å². The molecule has 0 unspecified atom stereocenters. The van der Waals surface area contributed by atoms with E-state index >= 15 is 0 Å². The highest BCUT2D eigenvalue weighted by molar-refractivity contribution is 5.24. The second-order valence-corrected chi connectivity index (χ2v) is 5.05. The number of aromatic nitrogens is 1. The minimum Gasteiger partial charge on any atom is -0.476 e. The largest absolute Gasteiger partial charge is 0.476 e. The Balaban J connectivity index is 1.83. The second-order valence-electron chi connectivity index (χ2n) is 5.05. The molecule has 0 aromatic carbocycles. The van der Waals surface area contributed by atoms with Gasteiger partial charge >= 0.3 is 0 Å². The van der Waals surface area contributed by atoms with Gasteiger partial charge in [0, 0.05) is 30.9 Å². The highest BCUT2D eigenvalue weighted by Crippen LogP contribution is 2.24. The van der Waals surface area contributed by atoms with Gasteiger partial charge < -0.3 is 15.0 Å². The Morgan fingerprint density at radius 2 is 2.22 bits per heavy atom. The van der Waals surface area contributed by atoms with Crippen molar-refractivity contribution < 1.29 is 4.74 Å². The molecule has 0 radical (unpaired) electrons. The molecule has 4 heteroatoms. The van der Waals surface area contributed by atoms with Gasteiger partial charge in [-0.15, -0.1) is 0 Å². The van der Waals surface area contributed by atoms with E-state index in [0.29, 0.717) is 6.61 Å². The SMILES string of the molecule is CNCc1cc(C)nc(OCCN(C)C2CC2)c1. The number of hydrogen-bond acceptors (Lipinski definition) is 4. The molecule has 1 aliphatic carbocycles. The molecule has 1 N–H and O–H groups in total. The zero-order valence-electron chi connectivity index (χ0n) is 11.6. The molecule has 0 bridgehead atoms. The topological polar surface area (TPSA) is 37.4 Å². The van der Waals surface area contributed by atoms with Gasteiger partial charge in [-0.25, -0.2) is 4.98 Å². The van der Waals surface area contributed by atoms with Crippen molar-refractivity contribution >= 4 is 0 Å². The molecule has 100 valence electrons. The van der Waals surface area contributed by atoms with Gasteiger partial charge in [0.1, 0.15) is 6.61 Å². The summed E-state index contributed by atoms with van der Waals surface area (Å²) in [6, 6.07) is 4.89. The molecule has 1 saturated carbocycles. The van der Waals surface area contributed by atoms with Crippen LogP contribution in [0, 0.1) is 6.92 Å². The second kappa shape index (κ2) is 6.16. The minimum atomic E-state index is 0.711. The Kier molecular flexibility index (Phi) is 4.55. The van der Waals surface area contributed by atoms with E-state index < -0.39 is 0 Å². The standard InChI is InChI=1S/C14H23N3O/c1-11-8-12(10-15-2)9-14(16-11)18-7-6-17(3)13-4-5-13/h8-9,13,15H,4-7,10H2,1-3H3. The first kappa shape index (κ1) is 13.3. The van der Waals surface area contributed by atoms with Crippen molar-refractivity contribution in [3.63, 3.8) is 0 Å². The van der Waals surface area contributed by atoms with Crippen LogP contribution in [0.2, 0.25) is 0 Å². The molecule has 1 fully saturated rings. The number of ether oxygens (including phenoxy) is 1. The third-order valence-electron chi connectivity index (χ3n) is 3.23. The summed E-state index contributed by atoms with van der Waals surface area (Å²) in [6.07, 6.45) is 2.68. The fraction of sp³-hybridized carbons (Fsp3) is 0.643. The average Bonchev–Trinajstić information content (AvgIpc) is 3.12. The van der Waals surface area contributed by atoms with Crippen molar-refractivity contribution in [2.24, 2.45) is 0 Å². The third-order valence-corrected chi connectivity index (χ3v) is 3.23. The van der Waals surface area contributed by atoms with Gasteiger partial charge in [-0.2, -0.15) is 0 Å².